The Kier molecular flexibility index (Phi) is 6.53. The number of carbonyl (C=O) groups is 3. The summed E-state index contributed by atoms with van der Waals surface area (Å²) < 4.78 is 0. The quantitative estimate of drug-likeness (QED) is 0.731. The maximum Gasteiger partial charge on any atom is 0.252 e. The Labute approximate surface area is 188 Å². The third kappa shape index (κ3) is 4.82. The molecule has 0 saturated carbocycles. The molecule has 3 heterocycles. The lowest BCUT2D eigenvalue weighted by molar-refractivity contribution is -0.135. The van der Waals surface area contributed by atoms with Gasteiger partial charge in [0.15, 0.2) is 0 Å². The predicted molar refractivity (Wildman–Crippen MR) is 121 cm³/mol. The summed E-state index contributed by atoms with van der Waals surface area (Å²) in [4.78, 5) is 43.9. The molecule has 32 heavy (non-hydrogen) atoms. The summed E-state index contributed by atoms with van der Waals surface area (Å²) in [6.45, 7) is 2.33. The second-order valence-corrected chi connectivity index (χ2v) is 8.97. The minimum Gasteiger partial charge on any atom is -0.351 e. The van der Waals surface area contributed by atoms with Gasteiger partial charge in [-0.05, 0) is 50.3 Å². The van der Waals surface area contributed by atoms with Crippen molar-refractivity contribution < 1.29 is 14.4 Å². The number of pyridine rings is 1. The van der Waals surface area contributed by atoms with Crippen molar-refractivity contribution in [2.24, 2.45) is 0 Å². The van der Waals surface area contributed by atoms with Gasteiger partial charge in [0.05, 0.1) is 17.1 Å². The lowest BCUT2D eigenvalue weighted by Gasteiger charge is -2.35. The summed E-state index contributed by atoms with van der Waals surface area (Å²) in [5, 5.41) is 6.03. The van der Waals surface area contributed by atoms with Crippen LogP contribution in [-0.2, 0) is 16.0 Å². The van der Waals surface area contributed by atoms with Gasteiger partial charge in [-0.15, -0.1) is 0 Å². The van der Waals surface area contributed by atoms with Crippen LogP contribution in [0.4, 0.5) is 0 Å². The van der Waals surface area contributed by atoms with Crippen LogP contribution in [0.5, 0.6) is 0 Å². The first-order valence-corrected chi connectivity index (χ1v) is 11.3. The van der Waals surface area contributed by atoms with E-state index in [4.69, 9.17) is 0 Å². The Bertz CT molecular complexity index is 966. The van der Waals surface area contributed by atoms with Gasteiger partial charge in [0.1, 0.15) is 0 Å². The average molecular weight is 435 g/mol. The average Bonchev–Trinajstić information content (AvgIpc) is 2.96. The number of rotatable bonds is 6. The second-order valence-electron chi connectivity index (χ2n) is 8.97. The summed E-state index contributed by atoms with van der Waals surface area (Å²) in [5.41, 5.74) is 1.22. The van der Waals surface area contributed by atoms with Crippen molar-refractivity contribution >= 4 is 17.7 Å². The van der Waals surface area contributed by atoms with E-state index in [0.717, 1.165) is 25.7 Å². The first-order chi connectivity index (χ1) is 15.5. The fourth-order valence-corrected chi connectivity index (χ4v) is 5.16. The fraction of sp³-hybridized carbons (Fsp3) is 0.440. The number of likely N-dealkylation sites (tertiary alicyclic amines) is 1. The van der Waals surface area contributed by atoms with Gasteiger partial charge in [-0.1, -0.05) is 30.3 Å². The molecule has 2 aromatic rings. The molecule has 0 spiro atoms. The van der Waals surface area contributed by atoms with Crippen LogP contribution in [0.1, 0.15) is 54.9 Å². The summed E-state index contributed by atoms with van der Waals surface area (Å²) in [5.74, 6) is -0.159. The number of nitrogens with one attached hydrogen (secondary N) is 2. The van der Waals surface area contributed by atoms with Gasteiger partial charge in [-0.2, -0.15) is 0 Å². The largest absolute Gasteiger partial charge is 0.351 e. The third-order valence-corrected chi connectivity index (χ3v) is 6.58. The van der Waals surface area contributed by atoms with Crippen molar-refractivity contribution in [1.29, 1.82) is 0 Å². The van der Waals surface area contributed by atoms with Crippen LogP contribution in [0, 0.1) is 0 Å². The molecule has 1 aromatic heterocycles. The number of benzene rings is 1. The fourth-order valence-electron chi connectivity index (χ4n) is 5.16. The van der Waals surface area contributed by atoms with Crippen LogP contribution >= 0.6 is 0 Å². The zero-order valence-electron chi connectivity index (χ0n) is 18.4. The predicted octanol–water partition coefficient (Wildman–Crippen LogP) is 2.47. The molecule has 0 bridgehead atoms. The lowest BCUT2D eigenvalue weighted by Crippen LogP contribution is -2.54. The number of fused-ring (bicyclic) bond motifs is 1. The summed E-state index contributed by atoms with van der Waals surface area (Å²) in [6, 6.07) is 13.5. The highest BCUT2D eigenvalue weighted by Gasteiger charge is 2.52. The number of hydrogen-bond acceptors (Lipinski definition) is 4. The third-order valence-electron chi connectivity index (χ3n) is 6.58. The van der Waals surface area contributed by atoms with Crippen molar-refractivity contribution in [3.05, 3.63) is 66.0 Å². The van der Waals surface area contributed by atoms with Crippen LogP contribution in [0.25, 0.3) is 0 Å². The molecule has 2 aliphatic heterocycles. The molecule has 3 atom stereocenters. The van der Waals surface area contributed by atoms with Gasteiger partial charge >= 0.3 is 0 Å². The molecule has 3 amide bonds. The van der Waals surface area contributed by atoms with E-state index < -0.39 is 5.54 Å². The van der Waals surface area contributed by atoms with Gasteiger partial charge in [0.25, 0.3) is 5.91 Å². The summed E-state index contributed by atoms with van der Waals surface area (Å²) in [6.07, 6.45) is 6.88. The Balaban J connectivity index is 1.47. The van der Waals surface area contributed by atoms with Gasteiger partial charge in [-0.25, -0.2) is 0 Å². The normalized spacial score (nSPS) is 24.9. The van der Waals surface area contributed by atoms with Crippen LogP contribution in [0.3, 0.4) is 0 Å². The Morgan fingerprint density at radius 1 is 1.22 bits per heavy atom. The molecule has 2 fully saturated rings. The standard InChI is InChI=1S/C25H30N4O3/c1-25-16-20(15-18-7-3-2-4-8-18)29(21(25)10-5-11-22(30)28-25)23(31)12-14-27-24(32)19-9-6-13-26-17-19/h2-4,6-9,13,17,20-21H,5,10-12,14-16H2,1H3,(H,27,32)(H,28,30)/t20-,21+,25+/m1/s1. The molecule has 2 saturated heterocycles. The van der Waals surface area contributed by atoms with Crippen LogP contribution in [0.2, 0.25) is 0 Å². The molecule has 2 N–H and O–H groups in total. The van der Waals surface area contributed by atoms with E-state index in [0.29, 0.717) is 12.0 Å². The highest BCUT2D eigenvalue weighted by molar-refractivity contribution is 5.94. The Hall–Kier alpha value is -3.22. The van der Waals surface area contributed by atoms with E-state index in [1.54, 1.807) is 18.3 Å². The maximum absolute atomic E-state index is 13.4. The van der Waals surface area contributed by atoms with Crippen molar-refractivity contribution in [3.63, 3.8) is 0 Å². The van der Waals surface area contributed by atoms with E-state index in [1.165, 1.54) is 11.8 Å². The molecule has 0 radical (unpaired) electrons. The first-order valence-electron chi connectivity index (χ1n) is 11.3. The van der Waals surface area contributed by atoms with Gasteiger partial charge in [0.2, 0.25) is 11.8 Å². The zero-order chi connectivity index (χ0) is 22.6. The molecule has 0 aliphatic carbocycles. The number of amides is 3. The molecule has 2 aliphatic rings. The van der Waals surface area contributed by atoms with E-state index >= 15 is 0 Å². The minimum atomic E-state index is -0.429. The number of hydrogen-bond donors (Lipinski definition) is 2. The minimum absolute atomic E-state index is 0.00678. The van der Waals surface area contributed by atoms with Gasteiger partial charge in [0, 0.05) is 37.8 Å². The summed E-state index contributed by atoms with van der Waals surface area (Å²) >= 11 is 0. The zero-order valence-corrected chi connectivity index (χ0v) is 18.4. The second kappa shape index (κ2) is 9.51. The van der Waals surface area contributed by atoms with Crippen molar-refractivity contribution in [1.82, 2.24) is 20.5 Å². The monoisotopic (exact) mass is 434 g/mol. The van der Waals surface area contributed by atoms with E-state index in [2.05, 4.69) is 34.7 Å². The molecular formula is C25H30N4O3. The van der Waals surface area contributed by atoms with E-state index in [-0.39, 0.29) is 42.8 Å². The SMILES string of the molecule is C[C@]12C[C@@H](Cc3ccccc3)N(C(=O)CCNC(=O)c3cccnc3)[C@H]1CCCC(=O)N2. The molecule has 1 aromatic carbocycles. The molecular weight excluding hydrogens is 404 g/mol. The number of aromatic nitrogens is 1. The van der Waals surface area contributed by atoms with Gasteiger partial charge < -0.3 is 15.5 Å². The van der Waals surface area contributed by atoms with Crippen molar-refractivity contribution in [2.45, 2.75) is 63.1 Å². The molecule has 0 unspecified atom stereocenters. The van der Waals surface area contributed by atoms with Crippen molar-refractivity contribution in [3.8, 4) is 0 Å². The van der Waals surface area contributed by atoms with Gasteiger partial charge in [-0.3, -0.25) is 19.4 Å². The maximum atomic E-state index is 13.4. The Morgan fingerprint density at radius 3 is 2.78 bits per heavy atom. The molecule has 4 rings (SSSR count). The first kappa shape index (κ1) is 22.0. The van der Waals surface area contributed by atoms with Crippen molar-refractivity contribution in [2.75, 3.05) is 6.54 Å². The topological polar surface area (TPSA) is 91.4 Å². The van der Waals surface area contributed by atoms with Crippen LogP contribution in [0.15, 0.2) is 54.9 Å². The highest BCUT2D eigenvalue weighted by Crippen LogP contribution is 2.39. The summed E-state index contributed by atoms with van der Waals surface area (Å²) in [7, 11) is 0. The molecule has 7 nitrogen and oxygen atoms in total. The van der Waals surface area contributed by atoms with Crippen LogP contribution < -0.4 is 10.6 Å². The van der Waals surface area contributed by atoms with Crippen LogP contribution in [-0.4, -0.2) is 51.8 Å². The number of nitrogens with zero attached hydrogens (tertiary/aromatic N) is 2. The lowest BCUT2D eigenvalue weighted by atomic mass is 9.88. The van der Waals surface area contributed by atoms with E-state index in [9.17, 15) is 14.4 Å². The Morgan fingerprint density at radius 2 is 2.03 bits per heavy atom. The molecule has 168 valence electrons. The highest BCUT2D eigenvalue weighted by atomic mass is 16.2. The smallest absolute Gasteiger partial charge is 0.252 e. The van der Waals surface area contributed by atoms with E-state index in [1.807, 2.05) is 23.1 Å². The number of carbonyl (C=O) groups excluding carboxylic acids is 3. The molecule has 7 heteroatoms.